The maximum absolute atomic E-state index is 12.7. The Labute approximate surface area is 109 Å². The standard InChI is InChI=1S/C14H13FN2O2/c15-9-4-5-10(16-7-9)8-19-14-6-13(18)11-2-1-3-12(11)17-14/h4-7H,1-3,8H2,(H,17,18). The van der Waals surface area contributed by atoms with Gasteiger partial charge in [0.2, 0.25) is 5.88 Å². The number of hydrogen-bond donors (Lipinski definition) is 1. The lowest BCUT2D eigenvalue weighted by Crippen LogP contribution is -2.01. The summed E-state index contributed by atoms with van der Waals surface area (Å²) in [7, 11) is 0. The predicted octanol–water partition coefficient (Wildman–Crippen LogP) is 2.39. The fourth-order valence-corrected chi connectivity index (χ4v) is 2.21. The molecule has 5 heteroatoms. The van der Waals surface area contributed by atoms with E-state index in [1.807, 2.05) is 0 Å². The highest BCUT2D eigenvalue weighted by molar-refractivity contribution is 5.41. The van der Waals surface area contributed by atoms with Crippen LogP contribution in [-0.4, -0.2) is 15.1 Å². The number of aromatic hydroxyl groups is 1. The number of pyridine rings is 2. The van der Waals surface area contributed by atoms with E-state index >= 15 is 0 Å². The van der Waals surface area contributed by atoms with Crippen molar-refractivity contribution in [3.8, 4) is 11.6 Å². The Balaban J connectivity index is 1.73. The molecule has 0 saturated heterocycles. The Morgan fingerprint density at radius 3 is 3.00 bits per heavy atom. The fraction of sp³-hybridized carbons (Fsp3) is 0.286. The molecule has 1 N–H and O–H groups in total. The van der Waals surface area contributed by atoms with Gasteiger partial charge in [0.25, 0.3) is 0 Å². The van der Waals surface area contributed by atoms with Crippen molar-refractivity contribution in [2.75, 3.05) is 0 Å². The molecule has 1 aliphatic rings. The average molecular weight is 260 g/mol. The third-order valence-corrected chi connectivity index (χ3v) is 3.16. The molecular formula is C14H13FN2O2. The van der Waals surface area contributed by atoms with Gasteiger partial charge < -0.3 is 9.84 Å². The minimum absolute atomic E-state index is 0.200. The number of hydrogen-bond acceptors (Lipinski definition) is 4. The zero-order valence-electron chi connectivity index (χ0n) is 10.3. The molecule has 0 bridgehead atoms. The van der Waals surface area contributed by atoms with Crippen LogP contribution in [-0.2, 0) is 19.4 Å². The van der Waals surface area contributed by atoms with Crippen molar-refractivity contribution in [1.82, 2.24) is 9.97 Å². The van der Waals surface area contributed by atoms with Gasteiger partial charge in [-0.1, -0.05) is 0 Å². The lowest BCUT2D eigenvalue weighted by Gasteiger charge is -2.08. The molecule has 0 aromatic carbocycles. The van der Waals surface area contributed by atoms with Crippen LogP contribution in [0.5, 0.6) is 11.6 Å². The lowest BCUT2D eigenvalue weighted by molar-refractivity contribution is 0.286. The Hall–Kier alpha value is -2.17. The number of rotatable bonds is 3. The summed E-state index contributed by atoms with van der Waals surface area (Å²) in [5.74, 6) is 0.242. The van der Waals surface area contributed by atoms with Crippen LogP contribution < -0.4 is 4.74 Å². The van der Waals surface area contributed by atoms with Crippen LogP contribution in [0.1, 0.15) is 23.4 Å². The highest BCUT2D eigenvalue weighted by atomic mass is 19.1. The molecular weight excluding hydrogens is 247 g/mol. The van der Waals surface area contributed by atoms with Gasteiger partial charge in [-0.2, -0.15) is 0 Å². The normalized spacial score (nSPS) is 13.3. The molecule has 0 spiro atoms. The SMILES string of the molecule is Oc1cc(OCc2ccc(F)cn2)nc2c1CCC2. The van der Waals surface area contributed by atoms with Gasteiger partial charge in [0.15, 0.2) is 0 Å². The first kappa shape index (κ1) is 11.9. The number of halogens is 1. The summed E-state index contributed by atoms with van der Waals surface area (Å²) in [6, 6.07) is 4.41. The van der Waals surface area contributed by atoms with Crippen molar-refractivity contribution in [2.24, 2.45) is 0 Å². The highest BCUT2D eigenvalue weighted by Crippen LogP contribution is 2.31. The number of aromatic nitrogens is 2. The molecule has 1 aliphatic carbocycles. The molecule has 0 atom stereocenters. The van der Waals surface area contributed by atoms with Gasteiger partial charge in [-0.05, 0) is 31.4 Å². The molecule has 4 nitrogen and oxygen atoms in total. The second kappa shape index (κ2) is 4.84. The number of nitrogens with zero attached hydrogens (tertiary/aromatic N) is 2. The van der Waals surface area contributed by atoms with E-state index < -0.39 is 0 Å². The Bertz CT molecular complexity index is 599. The van der Waals surface area contributed by atoms with E-state index in [1.165, 1.54) is 12.1 Å². The molecule has 2 heterocycles. The van der Waals surface area contributed by atoms with Crippen molar-refractivity contribution < 1.29 is 14.2 Å². The maximum atomic E-state index is 12.7. The van der Waals surface area contributed by atoms with Crippen LogP contribution in [0.4, 0.5) is 4.39 Å². The zero-order valence-corrected chi connectivity index (χ0v) is 10.3. The van der Waals surface area contributed by atoms with E-state index in [4.69, 9.17) is 4.74 Å². The van der Waals surface area contributed by atoms with E-state index in [0.29, 0.717) is 11.6 Å². The van der Waals surface area contributed by atoms with Gasteiger partial charge in [0.05, 0.1) is 17.6 Å². The van der Waals surface area contributed by atoms with Gasteiger partial charge in [-0.15, -0.1) is 0 Å². The van der Waals surface area contributed by atoms with E-state index in [1.54, 1.807) is 6.07 Å². The van der Waals surface area contributed by atoms with Crippen LogP contribution in [0.3, 0.4) is 0 Å². The molecule has 0 fully saturated rings. The van der Waals surface area contributed by atoms with E-state index in [-0.39, 0.29) is 18.2 Å². The van der Waals surface area contributed by atoms with Gasteiger partial charge in [0.1, 0.15) is 18.2 Å². The van der Waals surface area contributed by atoms with Crippen LogP contribution in [0, 0.1) is 5.82 Å². The number of ether oxygens (including phenoxy) is 1. The minimum Gasteiger partial charge on any atom is -0.507 e. The summed E-state index contributed by atoms with van der Waals surface area (Å²) < 4.78 is 18.2. The van der Waals surface area contributed by atoms with Gasteiger partial charge >= 0.3 is 0 Å². The molecule has 0 saturated carbocycles. The summed E-state index contributed by atoms with van der Waals surface area (Å²) in [5, 5.41) is 9.86. The quantitative estimate of drug-likeness (QED) is 0.920. The first-order chi connectivity index (χ1) is 9.22. The summed E-state index contributed by atoms with van der Waals surface area (Å²) in [6.45, 7) is 0.200. The third kappa shape index (κ3) is 2.50. The topological polar surface area (TPSA) is 55.2 Å². The van der Waals surface area contributed by atoms with Gasteiger partial charge in [-0.25, -0.2) is 9.37 Å². The first-order valence-electron chi connectivity index (χ1n) is 6.17. The third-order valence-electron chi connectivity index (χ3n) is 3.16. The van der Waals surface area contributed by atoms with E-state index in [0.717, 1.165) is 36.7 Å². The van der Waals surface area contributed by atoms with Gasteiger partial charge in [0, 0.05) is 11.6 Å². The minimum atomic E-state index is -0.378. The summed E-state index contributed by atoms with van der Waals surface area (Å²) in [5.41, 5.74) is 2.44. The van der Waals surface area contributed by atoms with E-state index in [2.05, 4.69) is 9.97 Å². The molecule has 3 rings (SSSR count). The van der Waals surface area contributed by atoms with Crippen molar-refractivity contribution in [1.29, 1.82) is 0 Å². The number of aryl methyl sites for hydroxylation is 1. The Morgan fingerprint density at radius 1 is 1.32 bits per heavy atom. The molecule has 0 unspecified atom stereocenters. The van der Waals surface area contributed by atoms with Crippen LogP contribution >= 0.6 is 0 Å². The molecule has 0 amide bonds. The fourth-order valence-electron chi connectivity index (χ4n) is 2.21. The monoisotopic (exact) mass is 260 g/mol. The maximum Gasteiger partial charge on any atom is 0.217 e. The van der Waals surface area contributed by atoms with Crippen LogP contribution in [0.2, 0.25) is 0 Å². The summed E-state index contributed by atoms with van der Waals surface area (Å²) in [6.07, 6.45) is 3.90. The second-order valence-electron chi connectivity index (χ2n) is 4.51. The van der Waals surface area contributed by atoms with Gasteiger partial charge in [-0.3, -0.25) is 4.98 Å². The average Bonchev–Trinajstić information content (AvgIpc) is 2.87. The highest BCUT2D eigenvalue weighted by Gasteiger charge is 2.18. The lowest BCUT2D eigenvalue weighted by atomic mass is 10.2. The van der Waals surface area contributed by atoms with Crippen molar-refractivity contribution in [3.63, 3.8) is 0 Å². The molecule has 98 valence electrons. The first-order valence-corrected chi connectivity index (χ1v) is 6.17. The summed E-state index contributed by atoms with van der Waals surface area (Å²) >= 11 is 0. The summed E-state index contributed by atoms with van der Waals surface area (Å²) in [4.78, 5) is 8.26. The molecule has 2 aromatic rings. The van der Waals surface area contributed by atoms with Crippen LogP contribution in [0.25, 0.3) is 0 Å². The largest absolute Gasteiger partial charge is 0.507 e. The van der Waals surface area contributed by atoms with Crippen molar-refractivity contribution in [3.05, 3.63) is 47.2 Å². The predicted molar refractivity (Wildman–Crippen MR) is 66.5 cm³/mol. The second-order valence-corrected chi connectivity index (χ2v) is 4.51. The zero-order chi connectivity index (χ0) is 13.2. The van der Waals surface area contributed by atoms with Crippen LogP contribution in [0.15, 0.2) is 24.4 Å². The molecule has 19 heavy (non-hydrogen) atoms. The number of fused-ring (bicyclic) bond motifs is 1. The Morgan fingerprint density at radius 2 is 2.21 bits per heavy atom. The van der Waals surface area contributed by atoms with Crippen molar-refractivity contribution in [2.45, 2.75) is 25.9 Å². The van der Waals surface area contributed by atoms with Crippen molar-refractivity contribution >= 4 is 0 Å². The molecule has 0 radical (unpaired) electrons. The smallest absolute Gasteiger partial charge is 0.217 e. The molecule has 2 aromatic heterocycles. The molecule has 0 aliphatic heterocycles. The van der Waals surface area contributed by atoms with E-state index in [9.17, 15) is 9.50 Å². The Kier molecular flexibility index (Phi) is 3.03.